The molecule has 0 radical (unpaired) electrons. The molecule has 0 aromatic rings. The number of amides is 2. The summed E-state index contributed by atoms with van der Waals surface area (Å²) >= 11 is 0. The highest BCUT2D eigenvalue weighted by molar-refractivity contribution is 6.20. The molecule has 11 nitrogen and oxygen atoms in total. The second-order valence-corrected chi connectivity index (χ2v) is 2.47. The van der Waals surface area contributed by atoms with Gasteiger partial charge in [0.2, 0.25) is 5.96 Å². The van der Waals surface area contributed by atoms with Crippen molar-refractivity contribution in [2.24, 2.45) is 0 Å². The van der Waals surface area contributed by atoms with Gasteiger partial charge >= 0.3 is 17.5 Å². The number of nitro groups is 2. The van der Waals surface area contributed by atoms with Crippen molar-refractivity contribution in [3.05, 3.63) is 20.2 Å². The van der Waals surface area contributed by atoms with Gasteiger partial charge in [0.1, 0.15) is 9.85 Å². The summed E-state index contributed by atoms with van der Waals surface area (Å²) in [5, 5.41) is 30.6. The summed E-state index contributed by atoms with van der Waals surface area (Å²) in [7, 11) is 0. The fraction of sp³-hybridized carbons (Fsp3) is 0.250. The van der Waals surface area contributed by atoms with Crippen molar-refractivity contribution >= 4 is 17.8 Å². The van der Waals surface area contributed by atoms with Crippen LogP contribution < -0.4 is 10.6 Å². The molecular weight excluding hydrogens is 214 g/mol. The zero-order valence-electron chi connectivity index (χ0n) is 6.84. The molecule has 15 heavy (non-hydrogen) atoms. The molecule has 1 aliphatic rings. The molecule has 1 heterocycles. The standard InChI is InChI=1S/C4H3N5O6/c5-3-6-1(10)4(8(12)13,9(14)15)2(11)7-3/h(H3,5,6,7,10,11). The van der Waals surface area contributed by atoms with Gasteiger partial charge in [-0.3, -0.25) is 45.9 Å². The average molecular weight is 217 g/mol. The number of rotatable bonds is 2. The first kappa shape index (κ1) is 10.5. The van der Waals surface area contributed by atoms with Gasteiger partial charge in [-0.1, -0.05) is 0 Å². The molecular formula is C4H3N5O6. The number of hydrogen-bond acceptors (Lipinski definition) is 7. The maximum atomic E-state index is 11.0. The van der Waals surface area contributed by atoms with E-state index in [4.69, 9.17) is 5.41 Å². The summed E-state index contributed by atoms with van der Waals surface area (Å²) in [4.78, 5) is 39.6. The number of carbonyl (C=O) groups is 2. The van der Waals surface area contributed by atoms with Gasteiger partial charge in [0.25, 0.3) is 0 Å². The first-order valence-electron chi connectivity index (χ1n) is 3.34. The van der Waals surface area contributed by atoms with Crippen LogP contribution in [0.3, 0.4) is 0 Å². The van der Waals surface area contributed by atoms with Crippen LogP contribution in [-0.2, 0) is 9.59 Å². The van der Waals surface area contributed by atoms with E-state index in [1.807, 2.05) is 0 Å². The molecule has 1 fully saturated rings. The van der Waals surface area contributed by atoms with E-state index in [1.165, 1.54) is 10.6 Å². The van der Waals surface area contributed by atoms with E-state index in [-0.39, 0.29) is 0 Å². The van der Waals surface area contributed by atoms with Gasteiger partial charge in [-0.2, -0.15) is 0 Å². The van der Waals surface area contributed by atoms with Crippen molar-refractivity contribution < 1.29 is 19.4 Å². The summed E-state index contributed by atoms with van der Waals surface area (Å²) in [6.45, 7) is 0. The van der Waals surface area contributed by atoms with Crippen molar-refractivity contribution in [3.8, 4) is 0 Å². The zero-order valence-corrected chi connectivity index (χ0v) is 6.84. The van der Waals surface area contributed by atoms with Gasteiger partial charge < -0.3 is 0 Å². The van der Waals surface area contributed by atoms with Crippen molar-refractivity contribution in [2.75, 3.05) is 0 Å². The van der Waals surface area contributed by atoms with Crippen molar-refractivity contribution in [2.45, 2.75) is 5.66 Å². The molecule has 0 unspecified atom stereocenters. The molecule has 0 aromatic heterocycles. The fourth-order valence-corrected chi connectivity index (χ4v) is 0.934. The Morgan fingerprint density at radius 3 is 1.67 bits per heavy atom. The topological polar surface area (TPSA) is 168 Å². The SMILES string of the molecule is N=C1NC(=O)C([N+](=O)[O-])([N+](=O)[O-])C(=O)N1. The largest absolute Gasteiger partial charge is 0.613 e. The van der Waals surface area contributed by atoms with Gasteiger partial charge in [0.05, 0.1) is 0 Å². The van der Waals surface area contributed by atoms with E-state index < -0.39 is 33.3 Å². The van der Waals surface area contributed by atoms with Crippen LogP contribution in [0.25, 0.3) is 0 Å². The molecule has 0 spiro atoms. The average Bonchev–Trinajstić information content (AvgIpc) is 2.00. The maximum Gasteiger partial charge on any atom is 0.613 e. The molecule has 2 amide bonds. The Kier molecular flexibility index (Phi) is 2.08. The maximum absolute atomic E-state index is 11.0. The van der Waals surface area contributed by atoms with Crippen LogP contribution in [-0.4, -0.2) is 33.3 Å². The monoisotopic (exact) mass is 217 g/mol. The Hall–Kier alpha value is -2.59. The molecule has 3 N–H and O–H groups in total. The molecule has 1 aliphatic heterocycles. The molecule has 1 saturated heterocycles. The summed E-state index contributed by atoms with van der Waals surface area (Å²) in [5.41, 5.74) is -3.62. The van der Waals surface area contributed by atoms with Crippen LogP contribution in [0.4, 0.5) is 0 Å². The van der Waals surface area contributed by atoms with Crippen LogP contribution in [0.1, 0.15) is 0 Å². The van der Waals surface area contributed by atoms with E-state index in [2.05, 4.69) is 0 Å². The quantitative estimate of drug-likeness (QED) is 0.198. The second kappa shape index (κ2) is 2.97. The first-order chi connectivity index (χ1) is 6.83. The van der Waals surface area contributed by atoms with Gasteiger partial charge in [-0.25, -0.2) is 0 Å². The van der Waals surface area contributed by atoms with E-state index in [0.29, 0.717) is 0 Å². The minimum atomic E-state index is -3.62. The smallest absolute Gasteiger partial charge is 0.283 e. The lowest BCUT2D eigenvalue weighted by atomic mass is 10.1. The number of carbonyl (C=O) groups excluding carboxylic acids is 2. The number of hydrogen-bond donors (Lipinski definition) is 3. The number of nitrogens with one attached hydrogen (secondary N) is 3. The summed E-state index contributed by atoms with van der Waals surface area (Å²) in [6, 6.07) is 0. The fourth-order valence-electron chi connectivity index (χ4n) is 0.934. The molecule has 0 aliphatic carbocycles. The highest BCUT2D eigenvalue weighted by Gasteiger charge is 2.74. The number of nitrogens with zero attached hydrogens (tertiary/aromatic N) is 2. The lowest BCUT2D eigenvalue weighted by Gasteiger charge is -2.20. The summed E-state index contributed by atoms with van der Waals surface area (Å²) in [5.74, 6) is -4.39. The predicted molar refractivity (Wildman–Crippen MR) is 40.7 cm³/mol. The Morgan fingerprint density at radius 2 is 1.40 bits per heavy atom. The zero-order chi connectivity index (χ0) is 11.8. The van der Waals surface area contributed by atoms with Crippen molar-refractivity contribution in [1.82, 2.24) is 10.6 Å². The Balaban J connectivity index is 3.34. The molecule has 1 rings (SSSR count). The van der Waals surface area contributed by atoms with Crippen LogP contribution in [0.5, 0.6) is 0 Å². The molecule has 0 aromatic carbocycles. The van der Waals surface area contributed by atoms with E-state index >= 15 is 0 Å². The van der Waals surface area contributed by atoms with Crippen LogP contribution in [0.2, 0.25) is 0 Å². The lowest BCUT2D eigenvalue weighted by Crippen LogP contribution is -2.73. The number of guanidine groups is 1. The third-order valence-electron chi connectivity index (χ3n) is 1.64. The minimum Gasteiger partial charge on any atom is -0.283 e. The Labute approximate surface area is 80.2 Å². The Bertz CT molecular complexity index is 364. The van der Waals surface area contributed by atoms with E-state index in [0.717, 1.165) is 0 Å². The molecule has 0 bridgehead atoms. The molecule has 11 heteroatoms. The van der Waals surface area contributed by atoms with Crippen molar-refractivity contribution in [3.63, 3.8) is 0 Å². The lowest BCUT2D eigenvalue weighted by molar-refractivity contribution is -0.755. The van der Waals surface area contributed by atoms with Gasteiger partial charge in [-0.05, 0) is 0 Å². The second-order valence-electron chi connectivity index (χ2n) is 2.47. The van der Waals surface area contributed by atoms with Crippen molar-refractivity contribution in [1.29, 1.82) is 5.41 Å². The van der Waals surface area contributed by atoms with Gasteiger partial charge in [0.15, 0.2) is 0 Å². The highest BCUT2D eigenvalue weighted by Crippen LogP contribution is 2.14. The van der Waals surface area contributed by atoms with Crippen LogP contribution >= 0.6 is 0 Å². The van der Waals surface area contributed by atoms with Crippen LogP contribution in [0.15, 0.2) is 0 Å². The Morgan fingerprint density at radius 1 is 1.07 bits per heavy atom. The summed E-state index contributed by atoms with van der Waals surface area (Å²) < 4.78 is 0. The predicted octanol–water partition coefficient (Wildman–Crippen LogP) is -2.58. The van der Waals surface area contributed by atoms with Gasteiger partial charge in [0, 0.05) is 0 Å². The molecule has 0 saturated carbocycles. The summed E-state index contributed by atoms with van der Waals surface area (Å²) in [6.07, 6.45) is 0. The minimum absolute atomic E-state index is 0.843. The third-order valence-corrected chi connectivity index (χ3v) is 1.64. The molecule has 80 valence electrons. The van der Waals surface area contributed by atoms with Gasteiger partial charge in [-0.15, -0.1) is 0 Å². The molecule has 0 atom stereocenters. The normalized spacial score (nSPS) is 19.1. The van der Waals surface area contributed by atoms with E-state index in [9.17, 15) is 29.8 Å². The van der Waals surface area contributed by atoms with E-state index in [1.54, 1.807) is 0 Å². The third kappa shape index (κ3) is 1.17. The first-order valence-corrected chi connectivity index (χ1v) is 3.34. The van der Waals surface area contributed by atoms with Crippen LogP contribution in [0, 0.1) is 25.6 Å². The highest BCUT2D eigenvalue weighted by atomic mass is 16.7.